The Kier molecular flexibility index (Phi) is 5.90. The van der Waals surface area contributed by atoms with Gasteiger partial charge in [-0.2, -0.15) is 4.31 Å². The molecule has 8 heteroatoms. The van der Waals surface area contributed by atoms with E-state index in [0.29, 0.717) is 11.1 Å². The summed E-state index contributed by atoms with van der Waals surface area (Å²) in [6, 6.07) is 13.7. The number of nitrogens with zero attached hydrogens (tertiary/aromatic N) is 2. The van der Waals surface area contributed by atoms with Gasteiger partial charge in [-0.3, -0.25) is 9.78 Å². The number of pyridine rings is 2. The van der Waals surface area contributed by atoms with Gasteiger partial charge in [0, 0.05) is 31.0 Å². The number of nitrogens with one attached hydrogen (secondary N) is 1. The third-order valence-electron chi connectivity index (χ3n) is 5.51. The van der Waals surface area contributed by atoms with E-state index in [1.807, 2.05) is 26.0 Å². The van der Waals surface area contributed by atoms with Crippen LogP contribution in [0.5, 0.6) is 0 Å². The van der Waals surface area contributed by atoms with E-state index in [4.69, 9.17) is 0 Å². The van der Waals surface area contributed by atoms with E-state index in [9.17, 15) is 17.6 Å². The number of hydrogen-bond acceptors (Lipinski definition) is 4. The van der Waals surface area contributed by atoms with Gasteiger partial charge in [0.15, 0.2) is 0 Å². The van der Waals surface area contributed by atoms with E-state index in [1.54, 1.807) is 30.6 Å². The molecule has 32 heavy (non-hydrogen) atoms. The zero-order chi connectivity index (χ0) is 22.9. The number of benzene rings is 2. The van der Waals surface area contributed by atoms with Gasteiger partial charge in [-0.15, -0.1) is 0 Å². The highest BCUT2D eigenvalue weighted by Gasteiger charge is 2.26. The summed E-state index contributed by atoms with van der Waals surface area (Å²) in [6.45, 7) is 3.76. The van der Waals surface area contributed by atoms with Gasteiger partial charge < -0.3 is 4.98 Å². The number of H-pyrrole nitrogens is 1. The maximum Gasteiger partial charge on any atom is 0.252 e. The lowest BCUT2D eigenvalue weighted by Crippen LogP contribution is -2.32. The van der Waals surface area contributed by atoms with Crippen LogP contribution in [-0.4, -0.2) is 22.7 Å². The average molecular weight is 452 g/mol. The molecule has 0 saturated carbocycles. The van der Waals surface area contributed by atoms with Crippen molar-refractivity contribution < 1.29 is 12.8 Å². The maximum absolute atomic E-state index is 13.4. The van der Waals surface area contributed by atoms with Crippen molar-refractivity contribution in [3.8, 4) is 0 Å². The molecule has 0 atom stereocenters. The van der Waals surface area contributed by atoms with Crippen LogP contribution in [0, 0.1) is 19.7 Å². The minimum Gasteiger partial charge on any atom is -0.321 e. The van der Waals surface area contributed by atoms with Crippen LogP contribution in [0.15, 0.2) is 76.7 Å². The summed E-state index contributed by atoms with van der Waals surface area (Å²) in [5.41, 5.74) is 3.39. The molecule has 0 amide bonds. The van der Waals surface area contributed by atoms with Gasteiger partial charge in [0.1, 0.15) is 5.82 Å². The largest absolute Gasteiger partial charge is 0.321 e. The first-order valence-electron chi connectivity index (χ1n) is 10.0. The first-order valence-corrected chi connectivity index (χ1v) is 11.5. The number of sulfonamides is 1. The summed E-state index contributed by atoms with van der Waals surface area (Å²) in [5, 5.41) is 0.822. The molecule has 0 unspecified atom stereocenters. The zero-order valence-corrected chi connectivity index (χ0v) is 18.5. The first-order chi connectivity index (χ1) is 15.3. The van der Waals surface area contributed by atoms with Crippen LogP contribution in [0.2, 0.25) is 0 Å². The first kappa shape index (κ1) is 21.9. The van der Waals surface area contributed by atoms with Crippen LogP contribution in [0.3, 0.4) is 0 Å². The third kappa shape index (κ3) is 4.32. The second-order valence-corrected chi connectivity index (χ2v) is 9.62. The van der Waals surface area contributed by atoms with E-state index in [-0.39, 0.29) is 23.5 Å². The fourth-order valence-corrected chi connectivity index (χ4v) is 4.96. The van der Waals surface area contributed by atoms with Gasteiger partial charge in [-0.05, 0) is 72.3 Å². The molecule has 0 spiro atoms. The summed E-state index contributed by atoms with van der Waals surface area (Å²) in [5.74, 6) is -0.528. The lowest BCUT2D eigenvalue weighted by molar-refractivity contribution is 0.399. The maximum atomic E-state index is 13.4. The van der Waals surface area contributed by atoms with E-state index in [1.165, 1.54) is 16.4 Å². The van der Waals surface area contributed by atoms with Crippen LogP contribution in [0.4, 0.5) is 4.39 Å². The fraction of sp³-hybridized carbons (Fsp3) is 0.167. The van der Waals surface area contributed by atoms with Gasteiger partial charge in [0.25, 0.3) is 5.56 Å². The average Bonchev–Trinajstić information content (AvgIpc) is 2.78. The van der Waals surface area contributed by atoms with Crippen molar-refractivity contribution in [2.24, 2.45) is 0 Å². The highest BCUT2D eigenvalue weighted by Crippen LogP contribution is 2.23. The highest BCUT2D eigenvalue weighted by molar-refractivity contribution is 7.89. The molecule has 6 nitrogen and oxygen atoms in total. The Morgan fingerprint density at radius 2 is 1.78 bits per heavy atom. The van der Waals surface area contributed by atoms with Gasteiger partial charge in [0.2, 0.25) is 10.0 Å². The third-order valence-corrected chi connectivity index (χ3v) is 7.31. The number of halogens is 1. The van der Waals surface area contributed by atoms with Crippen LogP contribution in [0.1, 0.15) is 22.3 Å². The molecule has 0 saturated heterocycles. The quantitative estimate of drug-likeness (QED) is 0.479. The number of aryl methyl sites for hydroxylation is 2. The molecule has 0 aliphatic carbocycles. The molecule has 2 aromatic carbocycles. The van der Waals surface area contributed by atoms with Crippen molar-refractivity contribution in [1.29, 1.82) is 0 Å². The summed E-state index contributed by atoms with van der Waals surface area (Å²) in [7, 11) is -4.01. The fourth-order valence-electron chi connectivity index (χ4n) is 3.55. The van der Waals surface area contributed by atoms with Gasteiger partial charge in [0.05, 0.1) is 10.4 Å². The van der Waals surface area contributed by atoms with Gasteiger partial charge in [-0.1, -0.05) is 18.2 Å². The van der Waals surface area contributed by atoms with Gasteiger partial charge in [-0.25, -0.2) is 12.8 Å². The van der Waals surface area contributed by atoms with E-state index < -0.39 is 15.8 Å². The Morgan fingerprint density at radius 3 is 2.47 bits per heavy atom. The zero-order valence-electron chi connectivity index (χ0n) is 17.7. The molecule has 4 aromatic rings. The van der Waals surface area contributed by atoms with Crippen molar-refractivity contribution in [1.82, 2.24) is 14.3 Å². The van der Waals surface area contributed by atoms with E-state index in [2.05, 4.69) is 9.97 Å². The summed E-state index contributed by atoms with van der Waals surface area (Å²) < 4.78 is 41.4. The molecule has 2 aromatic heterocycles. The van der Waals surface area contributed by atoms with Crippen LogP contribution < -0.4 is 5.56 Å². The topological polar surface area (TPSA) is 83.1 Å². The molecule has 164 valence electrons. The number of rotatable bonds is 6. The molecular formula is C24H22FN3O3S. The molecule has 0 bridgehead atoms. The normalized spacial score (nSPS) is 11.9. The van der Waals surface area contributed by atoms with Crippen LogP contribution >= 0.6 is 0 Å². The number of aromatic nitrogens is 2. The molecule has 0 aliphatic heterocycles. The van der Waals surface area contributed by atoms with Crippen LogP contribution in [0.25, 0.3) is 10.9 Å². The predicted octanol–water partition coefficient (Wildman–Crippen LogP) is 4.07. The van der Waals surface area contributed by atoms with E-state index >= 15 is 0 Å². The monoisotopic (exact) mass is 451 g/mol. The molecule has 0 aliphatic rings. The minimum absolute atomic E-state index is 0.0119. The Labute approximate surface area is 185 Å². The Balaban J connectivity index is 1.78. The summed E-state index contributed by atoms with van der Waals surface area (Å²) in [6.07, 6.45) is 3.17. The molecular weight excluding hydrogens is 429 g/mol. The standard InChI is InChI=1S/C24H22FN3O3S/c1-16-5-6-19-12-20(24(29)27-23(19)17(16)2)15-28(14-18-4-3-11-26-13-18)32(30,31)22-9-7-21(25)8-10-22/h3-13H,14-15H2,1-2H3,(H,27,29). The number of aromatic amines is 1. The van der Waals surface area contributed by atoms with Crippen molar-refractivity contribution in [3.63, 3.8) is 0 Å². The molecule has 0 fully saturated rings. The molecule has 4 rings (SSSR count). The number of hydrogen-bond donors (Lipinski definition) is 1. The highest BCUT2D eigenvalue weighted by atomic mass is 32.2. The smallest absolute Gasteiger partial charge is 0.252 e. The Morgan fingerprint density at radius 1 is 1.03 bits per heavy atom. The lowest BCUT2D eigenvalue weighted by atomic mass is 10.0. The summed E-state index contributed by atoms with van der Waals surface area (Å²) >= 11 is 0. The Bertz CT molecular complexity index is 1430. The van der Waals surface area contributed by atoms with E-state index in [0.717, 1.165) is 34.2 Å². The minimum atomic E-state index is -4.01. The molecule has 0 radical (unpaired) electrons. The molecule has 1 N–H and O–H groups in total. The van der Waals surface area contributed by atoms with Gasteiger partial charge >= 0.3 is 0 Å². The second kappa shape index (κ2) is 8.64. The SMILES string of the molecule is Cc1ccc2cc(CN(Cc3cccnc3)S(=O)(=O)c3ccc(F)cc3)c(=O)[nH]c2c1C. The van der Waals surface area contributed by atoms with Crippen molar-refractivity contribution in [2.45, 2.75) is 31.8 Å². The van der Waals surface area contributed by atoms with Crippen LogP contribution in [-0.2, 0) is 23.1 Å². The predicted molar refractivity (Wildman–Crippen MR) is 121 cm³/mol. The Hall–Kier alpha value is -3.36. The number of fused-ring (bicyclic) bond motifs is 1. The second-order valence-electron chi connectivity index (χ2n) is 7.68. The van der Waals surface area contributed by atoms with Crippen molar-refractivity contribution in [3.05, 3.63) is 105 Å². The van der Waals surface area contributed by atoms with Crippen molar-refractivity contribution in [2.75, 3.05) is 0 Å². The van der Waals surface area contributed by atoms with Crippen molar-refractivity contribution >= 4 is 20.9 Å². The summed E-state index contributed by atoms with van der Waals surface area (Å²) in [4.78, 5) is 19.7. The molecule has 2 heterocycles. The lowest BCUT2D eigenvalue weighted by Gasteiger charge is -2.22.